The molecule has 4 aliphatic carbocycles. The predicted molar refractivity (Wildman–Crippen MR) is 37.1 cm³/mol. The van der Waals surface area contributed by atoms with Crippen LogP contribution in [0.4, 0.5) is 0 Å². The molecule has 1 spiro atoms. The Hall–Kier alpha value is 0. The summed E-state index contributed by atoms with van der Waals surface area (Å²) in [5, 5.41) is 0. The largest absolute Gasteiger partial charge is 0.0525 e. The van der Waals surface area contributed by atoms with Gasteiger partial charge in [0.05, 0.1) is 0 Å². The maximum atomic E-state index is 1.62. The summed E-state index contributed by atoms with van der Waals surface area (Å²) in [6.07, 6.45) is 9.53. The third kappa shape index (κ3) is 0.367. The maximum Gasteiger partial charge on any atom is -0.0264 e. The van der Waals surface area contributed by atoms with Crippen LogP contribution >= 0.6 is 0 Å². The Balaban J connectivity index is 1.92. The summed E-state index contributed by atoms with van der Waals surface area (Å²) in [6.45, 7) is 0. The van der Waals surface area contributed by atoms with E-state index in [0.717, 1.165) is 5.41 Å². The van der Waals surface area contributed by atoms with Crippen molar-refractivity contribution < 1.29 is 0 Å². The topological polar surface area (TPSA) is 0 Å². The Kier molecular flexibility index (Phi) is 0.640. The van der Waals surface area contributed by atoms with Gasteiger partial charge in [0.2, 0.25) is 0 Å². The van der Waals surface area contributed by atoms with Gasteiger partial charge in [0.15, 0.2) is 0 Å². The predicted octanol–water partition coefficient (Wildman–Crippen LogP) is 2.59. The second-order valence-corrected chi connectivity index (χ2v) is 4.36. The van der Waals surface area contributed by atoms with Crippen LogP contribution in [0.15, 0.2) is 0 Å². The first-order valence-electron chi connectivity index (χ1n) is 4.41. The zero-order valence-corrected chi connectivity index (χ0v) is 5.90. The summed E-state index contributed by atoms with van der Waals surface area (Å²) >= 11 is 0. The molecule has 0 radical (unpaired) electrons. The van der Waals surface area contributed by atoms with E-state index in [1.54, 1.807) is 38.5 Å². The fraction of sp³-hybridized carbons (Fsp3) is 1.00. The number of hydrogen-bond acceptors (Lipinski definition) is 0. The van der Waals surface area contributed by atoms with Gasteiger partial charge in [-0.15, -0.1) is 0 Å². The molecule has 4 fully saturated rings. The van der Waals surface area contributed by atoms with E-state index in [1.165, 1.54) is 11.8 Å². The SMILES string of the molecule is C1CC2CC3(C1)CCC23. The minimum absolute atomic E-state index is 0.961. The number of hydrogen-bond donors (Lipinski definition) is 0. The highest BCUT2D eigenvalue weighted by atomic mass is 14.6. The van der Waals surface area contributed by atoms with E-state index in [2.05, 4.69) is 0 Å². The fourth-order valence-electron chi connectivity index (χ4n) is 3.64. The average Bonchev–Trinajstić information content (AvgIpc) is 1.87. The van der Waals surface area contributed by atoms with Crippen molar-refractivity contribution in [1.29, 1.82) is 0 Å². The number of rotatable bonds is 0. The molecule has 0 N–H and O–H groups in total. The molecule has 0 aromatic rings. The van der Waals surface area contributed by atoms with E-state index >= 15 is 0 Å². The normalized spacial score (nSPS) is 61.3. The fourth-order valence-corrected chi connectivity index (χ4v) is 3.64. The van der Waals surface area contributed by atoms with Crippen molar-refractivity contribution in [2.24, 2.45) is 17.3 Å². The summed E-state index contributed by atoms with van der Waals surface area (Å²) in [6, 6.07) is 0. The van der Waals surface area contributed by atoms with Gasteiger partial charge in [-0.25, -0.2) is 0 Å². The lowest BCUT2D eigenvalue weighted by Crippen LogP contribution is -2.57. The highest BCUT2D eigenvalue weighted by Gasteiger charge is 2.60. The standard InChI is InChI=1S/C9H14/c1-2-7-6-9(4-1)5-3-8(7)9/h7-8H,1-6H2. The van der Waals surface area contributed by atoms with E-state index < -0.39 is 0 Å². The van der Waals surface area contributed by atoms with E-state index in [1.807, 2.05) is 0 Å². The second-order valence-electron chi connectivity index (χ2n) is 4.36. The first-order chi connectivity index (χ1) is 4.41. The first-order valence-corrected chi connectivity index (χ1v) is 4.41. The zero-order valence-electron chi connectivity index (χ0n) is 5.90. The summed E-state index contributed by atoms with van der Waals surface area (Å²) < 4.78 is 0. The van der Waals surface area contributed by atoms with Crippen LogP contribution in [0.1, 0.15) is 38.5 Å². The highest BCUT2D eigenvalue weighted by Crippen LogP contribution is 2.70. The summed E-state index contributed by atoms with van der Waals surface area (Å²) in [5.41, 5.74) is 0.961. The van der Waals surface area contributed by atoms with Crippen molar-refractivity contribution in [1.82, 2.24) is 0 Å². The van der Waals surface area contributed by atoms with Crippen LogP contribution < -0.4 is 0 Å². The summed E-state index contributed by atoms with van der Waals surface area (Å²) in [7, 11) is 0. The van der Waals surface area contributed by atoms with E-state index in [4.69, 9.17) is 0 Å². The molecule has 0 amide bonds. The molecular formula is C9H14. The third-order valence-corrected chi connectivity index (χ3v) is 4.23. The van der Waals surface area contributed by atoms with E-state index in [0.29, 0.717) is 0 Å². The van der Waals surface area contributed by atoms with Crippen molar-refractivity contribution >= 4 is 0 Å². The summed E-state index contributed by atoms with van der Waals surface area (Å²) in [5.74, 6) is 2.43. The molecule has 0 heteroatoms. The minimum atomic E-state index is 0.961. The van der Waals surface area contributed by atoms with Crippen LogP contribution in [-0.2, 0) is 0 Å². The molecule has 2 bridgehead atoms. The van der Waals surface area contributed by atoms with Gasteiger partial charge in [-0.1, -0.05) is 12.8 Å². The highest BCUT2D eigenvalue weighted by molar-refractivity contribution is 5.10. The van der Waals surface area contributed by atoms with Crippen LogP contribution in [-0.4, -0.2) is 0 Å². The molecule has 0 nitrogen and oxygen atoms in total. The van der Waals surface area contributed by atoms with Crippen LogP contribution in [0, 0.1) is 17.3 Å². The van der Waals surface area contributed by atoms with E-state index in [9.17, 15) is 0 Å². The molecule has 9 heavy (non-hydrogen) atoms. The lowest BCUT2D eigenvalue weighted by Gasteiger charge is -2.67. The molecule has 4 rings (SSSR count). The van der Waals surface area contributed by atoms with Gasteiger partial charge in [0.25, 0.3) is 0 Å². The average molecular weight is 122 g/mol. The first kappa shape index (κ1) is 4.76. The van der Waals surface area contributed by atoms with Crippen molar-refractivity contribution in [3.05, 3.63) is 0 Å². The molecule has 0 heterocycles. The molecule has 0 aromatic heterocycles. The lowest BCUT2D eigenvalue weighted by atomic mass is 9.38. The van der Waals surface area contributed by atoms with Gasteiger partial charge < -0.3 is 0 Å². The Morgan fingerprint density at radius 3 is 2.44 bits per heavy atom. The van der Waals surface area contributed by atoms with Crippen LogP contribution in [0.3, 0.4) is 0 Å². The van der Waals surface area contributed by atoms with Crippen LogP contribution in [0.25, 0.3) is 0 Å². The molecule has 4 saturated carbocycles. The Morgan fingerprint density at radius 2 is 2.11 bits per heavy atom. The van der Waals surface area contributed by atoms with Gasteiger partial charge >= 0.3 is 0 Å². The Bertz CT molecular complexity index is 146. The Labute approximate surface area is 56.6 Å². The summed E-state index contributed by atoms with van der Waals surface area (Å²) in [4.78, 5) is 0. The van der Waals surface area contributed by atoms with Crippen molar-refractivity contribution in [3.63, 3.8) is 0 Å². The molecule has 0 aromatic carbocycles. The van der Waals surface area contributed by atoms with Gasteiger partial charge in [0, 0.05) is 0 Å². The molecule has 50 valence electrons. The molecule has 0 aliphatic heterocycles. The monoisotopic (exact) mass is 122 g/mol. The molecule has 0 saturated heterocycles. The molecule has 3 unspecified atom stereocenters. The number of fused-ring (bicyclic) bond motifs is 2. The van der Waals surface area contributed by atoms with Crippen LogP contribution in [0.5, 0.6) is 0 Å². The molecule has 3 atom stereocenters. The molecule has 4 aliphatic rings. The minimum Gasteiger partial charge on any atom is -0.0525 e. The van der Waals surface area contributed by atoms with Gasteiger partial charge in [-0.05, 0) is 42.9 Å². The lowest BCUT2D eigenvalue weighted by molar-refractivity contribution is -0.170. The van der Waals surface area contributed by atoms with Gasteiger partial charge in [-0.3, -0.25) is 0 Å². The molecular weight excluding hydrogens is 108 g/mol. The zero-order chi connectivity index (χ0) is 5.90. The van der Waals surface area contributed by atoms with E-state index in [-0.39, 0.29) is 0 Å². The van der Waals surface area contributed by atoms with Crippen molar-refractivity contribution in [2.75, 3.05) is 0 Å². The van der Waals surface area contributed by atoms with Crippen molar-refractivity contribution in [2.45, 2.75) is 38.5 Å². The smallest absolute Gasteiger partial charge is 0.0264 e. The Morgan fingerprint density at radius 1 is 1.11 bits per heavy atom. The maximum absolute atomic E-state index is 1.62. The van der Waals surface area contributed by atoms with Gasteiger partial charge in [0.1, 0.15) is 0 Å². The third-order valence-electron chi connectivity index (χ3n) is 4.23. The quantitative estimate of drug-likeness (QED) is 0.463. The second kappa shape index (κ2) is 1.21. The van der Waals surface area contributed by atoms with Gasteiger partial charge in [-0.2, -0.15) is 0 Å². The van der Waals surface area contributed by atoms with Crippen molar-refractivity contribution in [3.8, 4) is 0 Å². The van der Waals surface area contributed by atoms with Crippen LogP contribution in [0.2, 0.25) is 0 Å².